The van der Waals surface area contributed by atoms with Crippen molar-refractivity contribution in [3.63, 3.8) is 0 Å². The van der Waals surface area contributed by atoms with Crippen molar-refractivity contribution in [1.82, 2.24) is 0 Å². The molecule has 1 aromatic rings. The molecule has 0 heterocycles. The van der Waals surface area contributed by atoms with Gasteiger partial charge in [-0.25, -0.2) is 0 Å². The van der Waals surface area contributed by atoms with E-state index in [4.69, 9.17) is 0 Å². The number of allylic oxidation sites excluding steroid dienone is 4. The summed E-state index contributed by atoms with van der Waals surface area (Å²) in [6.07, 6.45) is 10.3. The van der Waals surface area contributed by atoms with Crippen molar-refractivity contribution in [2.45, 2.75) is 64.7 Å². The van der Waals surface area contributed by atoms with Gasteiger partial charge in [-0.2, -0.15) is 0 Å². The second-order valence-corrected chi connectivity index (χ2v) is 7.17. The van der Waals surface area contributed by atoms with E-state index < -0.39 is 0 Å². The lowest BCUT2D eigenvalue weighted by atomic mass is 9.71. The van der Waals surface area contributed by atoms with Crippen LogP contribution >= 0.6 is 0 Å². The van der Waals surface area contributed by atoms with Crippen molar-refractivity contribution in [2.75, 3.05) is 0 Å². The van der Waals surface area contributed by atoms with Crippen LogP contribution in [-0.4, -0.2) is 0 Å². The third-order valence-electron chi connectivity index (χ3n) is 4.82. The first-order valence-corrected chi connectivity index (χ1v) is 7.85. The normalized spacial score (nSPS) is 18.6. The third-order valence-corrected chi connectivity index (χ3v) is 4.82. The highest BCUT2D eigenvalue weighted by Gasteiger charge is 2.29. The van der Waals surface area contributed by atoms with E-state index in [9.17, 15) is 0 Å². The monoisotopic (exact) mass is 268 g/mol. The van der Waals surface area contributed by atoms with E-state index in [2.05, 4.69) is 77.1 Å². The second-order valence-electron chi connectivity index (χ2n) is 7.17. The molecule has 0 aromatic heterocycles. The molecule has 0 saturated carbocycles. The minimum atomic E-state index is 0.182. The minimum absolute atomic E-state index is 0.182. The van der Waals surface area contributed by atoms with E-state index in [0.717, 1.165) is 6.42 Å². The van der Waals surface area contributed by atoms with Crippen LogP contribution in [0.5, 0.6) is 0 Å². The van der Waals surface area contributed by atoms with Crippen molar-refractivity contribution in [3.8, 4) is 0 Å². The van der Waals surface area contributed by atoms with Gasteiger partial charge >= 0.3 is 0 Å². The molecule has 108 valence electrons. The van der Waals surface area contributed by atoms with Gasteiger partial charge in [-0.05, 0) is 35.8 Å². The Morgan fingerprint density at radius 1 is 0.950 bits per heavy atom. The maximum atomic E-state index is 2.39. The summed E-state index contributed by atoms with van der Waals surface area (Å²) in [6, 6.07) is 9.29. The Kier molecular flexibility index (Phi) is 4.22. The van der Waals surface area contributed by atoms with Crippen molar-refractivity contribution in [3.05, 3.63) is 59.2 Å². The van der Waals surface area contributed by atoms with Gasteiger partial charge in [0.25, 0.3) is 0 Å². The van der Waals surface area contributed by atoms with Crippen LogP contribution in [0.25, 0.3) is 0 Å². The molecule has 0 amide bonds. The molecular weight excluding hydrogens is 240 g/mol. The molecular formula is C20H28. The summed E-state index contributed by atoms with van der Waals surface area (Å²) in [4.78, 5) is 0. The molecule has 0 aliphatic heterocycles. The molecule has 1 atom stereocenters. The Bertz CT molecular complexity index is 508. The summed E-state index contributed by atoms with van der Waals surface area (Å²) < 4.78 is 0. The maximum absolute atomic E-state index is 2.39. The smallest absolute Gasteiger partial charge is 0.0134 e. The first-order chi connectivity index (χ1) is 9.38. The van der Waals surface area contributed by atoms with Crippen molar-refractivity contribution in [1.29, 1.82) is 0 Å². The predicted octanol–water partition coefficient (Wildman–Crippen LogP) is 5.93. The largest absolute Gasteiger partial charge is 0.0842 e. The molecule has 1 aliphatic rings. The number of rotatable bonds is 3. The lowest BCUT2D eigenvalue weighted by molar-refractivity contribution is 0.513. The first kappa shape index (κ1) is 15.1. The molecule has 2 rings (SSSR count). The topological polar surface area (TPSA) is 0 Å². The quantitative estimate of drug-likeness (QED) is 0.637. The zero-order valence-corrected chi connectivity index (χ0v) is 13.7. The van der Waals surface area contributed by atoms with Crippen molar-refractivity contribution < 1.29 is 0 Å². The molecule has 20 heavy (non-hydrogen) atoms. The summed E-state index contributed by atoms with van der Waals surface area (Å²) in [6.45, 7) is 11.5. The van der Waals surface area contributed by atoms with E-state index in [0.29, 0.717) is 0 Å². The molecule has 0 saturated heterocycles. The number of hydrogen-bond acceptors (Lipinski definition) is 0. The lowest BCUT2D eigenvalue weighted by Crippen LogP contribution is -2.25. The van der Waals surface area contributed by atoms with Crippen LogP contribution in [0, 0.1) is 0 Å². The van der Waals surface area contributed by atoms with E-state index in [1.54, 1.807) is 5.57 Å². The average molecular weight is 268 g/mol. The Hall–Kier alpha value is -1.30. The fraction of sp³-hybridized carbons (Fsp3) is 0.500. The molecule has 1 unspecified atom stereocenters. The SMILES string of the molecule is CCC(C)(C1=CC=CCC1)c1ccc(C(C)(C)C)cc1. The molecule has 0 spiro atoms. The molecule has 0 fully saturated rings. The molecule has 1 aromatic carbocycles. The van der Waals surface area contributed by atoms with Crippen LogP contribution in [0.4, 0.5) is 0 Å². The van der Waals surface area contributed by atoms with Gasteiger partial charge < -0.3 is 0 Å². The van der Waals surface area contributed by atoms with Crippen LogP contribution < -0.4 is 0 Å². The Balaban J connectivity index is 2.37. The maximum Gasteiger partial charge on any atom is 0.0134 e. The lowest BCUT2D eigenvalue weighted by Gasteiger charge is -2.34. The molecule has 1 aliphatic carbocycles. The van der Waals surface area contributed by atoms with Gasteiger partial charge in [-0.1, -0.05) is 82.7 Å². The predicted molar refractivity (Wildman–Crippen MR) is 89.2 cm³/mol. The van der Waals surface area contributed by atoms with Crippen LogP contribution in [0.1, 0.15) is 65.0 Å². The Morgan fingerprint density at radius 2 is 1.55 bits per heavy atom. The summed E-state index contributed by atoms with van der Waals surface area (Å²) >= 11 is 0. The third kappa shape index (κ3) is 2.90. The summed E-state index contributed by atoms with van der Waals surface area (Å²) in [5, 5.41) is 0. The summed E-state index contributed by atoms with van der Waals surface area (Å²) in [5.41, 5.74) is 4.85. The second kappa shape index (κ2) is 5.60. The zero-order valence-electron chi connectivity index (χ0n) is 13.7. The van der Waals surface area contributed by atoms with Gasteiger partial charge in [-0.15, -0.1) is 0 Å². The van der Waals surface area contributed by atoms with E-state index >= 15 is 0 Å². The summed E-state index contributed by atoms with van der Waals surface area (Å²) in [5.74, 6) is 0. The van der Waals surface area contributed by atoms with Gasteiger partial charge in [0.2, 0.25) is 0 Å². The highest BCUT2D eigenvalue weighted by Crippen LogP contribution is 2.39. The number of benzene rings is 1. The molecule has 0 nitrogen and oxygen atoms in total. The van der Waals surface area contributed by atoms with E-state index in [-0.39, 0.29) is 10.8 Å². The molecule has 0 bridgehead atoms. The molecule has 0 radical (unpaired) electrons. The standard InChI is InChI=1S/C20H28/c1-6-20(5,17-10-8-7-9-11-17)18-14-12-16(13-15-18)19(2,3)4/h7-8,10,12-15H,6,9,11H2,1-5H3. The van der Waals surface area contributed by atoms with Crippen LogP contribution in [-0.2, 0) is 10.8 Å². The molecule has 0 heteroatoms. The van der Waals surface area contributed by atoms with Gasteiger partial charge in [0.1, 0.15) is 0 Å². The van der Waals surface area contributed by atoms with Gasteiger partial charge in [-0.3, -0.25) is 0 Å². The van der Waals surface area contributed by atoms with Crippen LogP contribution in [0.2, 0.25) is 0 Å². The fourth-order valence-electron chi connectivity index (χ4n) is 3.02. The first-order valence-electron chi connectivity index (χ1n) is 7.85. The number of hydrogen-bond donors (Lipinski definition) is 0. The zero-order chi connectivity index (χ0) is 14.8. The molecule has 0 N–H and O–H groups in total. The van der Waals surface area contributed by atoms with Crippen LogP contribution in [0.15, 0.2) is 48.1 Å². The van der Waals surface area contributed by atoms with Crippen LogP contribution in [0.3, 0.4) is 0 Å². The highest BCUT2D eigenvalue weighted by molar-refractivity contribution is 5.40. The van der Waals surface area contributed by atoms with Crippen molar-refractivity contribution >= 4 is 0 Å². The van der Waals surface area contributed by atoms with Gasteiger partial charge in [0, 0.05) is 5.41 Å². The Morgan fingerprint density at radius 3 is 2.00 bits per heavy atom. The minimum Gasteiger partial charge on any atom is -0.0842 e. The van der Waals surface area contributed by atoms with E-state index in [1.807, 2.05) is 0 Å². The average Bonchev–Trinajstić information content (AvgIpc) is 2.46. The van der Waals surface area contributed by atoms with E-state index in [1.165, 1.54) is 24.0 Å². The fourth-order valence-corrected chi connectivity index (χ4v) is 3.02. The van der Waals surface area contributed by atoms with Crippen molar-refractivity contribution in [2.24, 2.45) is 0 Å². The van der Waals surface area contributed by atoms with Gasteiger partial charge in [0.15, 0.2) is 0 Å². The Labute approximate surface area is 124 Å². The summed E-state index contributed by atoms with van der Waals surface area (Å²) in [7, 11) is 0. The van der Waals surface area contributed by atoms with Gasteiger partial charge in [0.05, 0.1) is 0 Å². The highest BCUT2D eigenvalue weighted by atomic mass is 14.3.